The summed E-state index contributed by atoms with van der Waals surface area (Å²) in [6.07, 6.45) is 9.98. The molecule has 0 aromatic heterocycles. The fourth-order valence-electron chi connectivity index (χ4n) is 2.76. The predicted molar refractivity (Wildman–Crippen MR) is 72.7 cm³/mol. The van der Waals surface area contributed by atoms with Crippen molar-refractivity contribution in [1.29, 1.82) is 0 Å². The third-order valence-corrected chi connectivity index (χ3v) is 5.94. The van der Waals surface area contributed by atoms with E-state index in [0.717, 1.165) is 23.3 Å². The molecule has 0 saturated heterocycles. The number of thioether (sulfide) groups is 1. The largest absolute Gasteiger partial charge is 0.393 e. The summed E-state index contributed by atoms with van der Waals surface area (Å²) >= 11 is 2.18. The highest BCUT2D eigenvalue weighted by molar-refractivity contribution is 8.00. The van der Waals surface area contributed by atoms with Crippen LogP contribution in [0.4, 0.5) is 0 Å². The quantitative estimate of drug-likeness (QED) is 0.792. The molecule has 2 saturated carbocycles. The van der Waals surface area contributed by atoms with Crippen molar-refractivity contribution in [2.45, 2.75) is 74.1 Å². The van der Waals surface area contributed by atoms with Gasteiger partial charge in [0.25, 0.3) is 0 Å². The number of hydrogen-bond donors (Lipinski definition) is 1. The van der Waals surface area contributed by atoms with E-state index in [-0.39, 0.29) is 6.10 Å². The Kier molecular flexibility index (Phi) is 5.41. The summed E-state index contributed by atoms with van der Waals surface area (Å²) in [6.45, 7) is 0. The van der Waals surface area contributed by atoms with Gasteiger partial charge in [0, 0.05) is 20.0 Å². The highest BCUT2D eigenvalue weighted by atomic mass is 32.2. The molecule has 1 atom stereocenters. The number of aliphatic hydroxyl groups excluding tert-OH is 1. The highest BCUT2D eigenvalue weighted by Gasteiger charge is 2.26. The fraction of sp³-hybridized carbons (Fsp3) is 1.00. The maximum atomic E-state index is 9.47. The van der Waals surface area contributed by atoms with Gasteiger partial charge in [-0.15, -0.1) is 0 Å². The molecule has 94 valence electrons. The zero-order chi connectivity index (χ0) is 11.4. The van der Waals surface area contributed by atoms with Gasteiger partial charge < -0.3 is 9.63 Å². The molecule has 0 spiro atoms. The van der Waals surface area contributed by atoms with Crippen LogP contribution >= 0.6 is 21.2 Å². The van der Waals surface area contributed by atoms with Gasteiger partial charge in [-0.3, -0.25) is 0 Å². The van der Waals surface area contributed by atoms with E-state index in [1.807, 2.05) is 0 Å². The first-order valence-electron chi connectivity index (χ1n) is 6.47. The van der Waals surface area contributed by atoms with Gasteiger partial charge in [-0.05, 0) is 51.4 Å². The van der Waals surface area contributed by atoms with E-state index in [9.17, 15) is 5.11 Å². The maximum Gasteiger partial charge on any atom is 0.0611 e. The van der Waals surface area contributed by atoms with Gasteiger partial charge in [-0.25, -0.2) is 0 Å². The van der Waals surface area contributed by atoms with Crippen LogP contribution < -0.4 is 0 Å². The monoisotopic (exact) mass is 262 g/mol. The SMILES string of the molecule is OC1CCC(SC2CCC(OP)CC2)CC1. The van der Waals surface area contributed by atoms with E-state index < -0.39 is 0 Å². The Morgan fingerprint density at radius 2 is 1.38 bits per heavy atom. The number of aliphatic hydroxyl groups is 1. The van der Waals surface area contributed by atoms with Crippen LogP contribution in [0, 0.1) is 0 Å². The van der Waals surface area contributed by atoms with Gasteiger partial charge in [0.05, 0.1) is 12.2 Å². The predicted octanol–water partition coefficient (Wildman–Crippen LogP) is 3.14. The topological polar surface area (TPSA) is 29.5 Å². The molecule has 2 fully saturated rings. The van der Waals surface area contributed by atoms with E-state index in [1.54, 1.807) is 0 Å². The van der Waals surface area contributed by atoms with Crippen molar-refractivity contribution in [3.05, 3.63) is 0 Å². The normalized spacial score (nSPS) is 40.9. The van der Waals surface area contributed by atoms with Gasteiger partial charge >= 0.3 is 0 Å². The Morgan fingerprint density at radius 1 is 0.875 bits per heavy atom. The Labute approximate surface area is 105 Å². The molecule has 0 aliphatic heterocycles. The molecule has 0 radical (unpaired) electrons. The molecule has 1 unspecified atom stereocenters. The van der Waals surface area contributed by atoms with Gasteiger partial charge in [-0.2, -0.15) is 11.8 Å². The lowest BCUT2D eigenvalue weighted by Gasteiger charge is -2.32. The van der Waals surface area contributed by atoms with Crippen LogP contribution in [-0.4, -0.2) is 27.8 Å². The molecule has 0 aromatic carbocycles. The molecule has 2 aliphatic rings. The number of hydrogen-bond acceptors (Lipinski definition) is 3. The van der Waals surface area contributed by atoms with Crippen LogP contribution in [0.5, 0.6) is 0 Å². The molecule has 0 heterocycles. The summed E-state index contributed by atoms with van der Waals surface area (Å²) in [5.74, 6) is 0. The van der Waals surface area contributed by atoms with E-state index in [1.165, 1.54) is 38.5 Å². The van der Waals surface area contributed by atoms with Gasteiger partial charge in [0.15, 0.2) is 0 Å². The lowest BCUT2D eigenvalue weighted by molar-refractivity contribution is 0.132. The average Bonchev–Trinajstić information content (AvgIpc) is 2.33. The van der Waals surface area contributed by atoms with Crippen LogP contribution in [0.25, 0.3) is 0 Å². The molecule has 0 amide bonds. The molecular weight excluding hydrogens is 239 g/mol. The first-order chi connectivity index (χ1) is 7.78. The lowest BCUT2D eigenvalue weighted by atomic mass is 9.97. The first-order valence-corrected chi connectivity index (χ1v) is 7.88. The summed E-state index contributed by atoms with van der Waals surface area (Å²) in [7, 11) is 2.40. The molecule has 0 aromatic rings. The Hall–Kier alpha value is 0.700. The van der Waals surface area contributed by atoms with Crippen LogP contribution in [0.3, 0.4) is 0 Å². The number of rotatable bonds is 3. The second-order valence-corrected chi connectivity index (χ2v) is 6.98. The van der Waals surface area contributed by atoms with E-state index in [2.05, 4.69) is 21.2 Å². The third kappa shape index (κ3) is 3.87. The summed E-state index contributed by atoms with van der Waals surface area (Å²) < 4.78 is 5.32. The van der Waals surface area contributed by atoms with E-state index >= 15 is 0 Å². The minimum Gasteiger partial charge on any atom is -0.393 e. The molecule has 2 rings (SSSR count). The molecular formula is C12H23O2PS. The third-order valence-electron chi connectivity index (χ3n) is 3.84. The van der Waals surface area contributed by atoms with Crippen LogP contribution in [0.2, 0.25) is 0 Å². The lowest BCUT2D eigenvalue weighted by Crippen LogP contribution is -2.25. The van der Waals surface area contributed by atoms with Crippen molar-refractivity contribution < 1.29 is 9.63 Å². The molecule has 1 N–H and O–H groups in total. The molecule has 16 heavy (non-hydrogen) atoms. The standard InChI is InChI=1S/C12H23O2PS/c13-9-1-5-11(6-2-9)16-12-7-3-10(14-15)4-8-12/h9-13H,1-8,15H2. The zero-order valence-corrected chi connectivity index (χ0v) is 11.8. The average molecular weight is 262 g/mol. The summed E-state index contributed by atoms with van der Waals surface area (Å²) in [6, 6.07) is 0. The Bertz CT molecular complexity index is 199. The van der Waals surface area contributed by atoms with Crippen molar-refractivity contribution in [3.63, 3.8) is 0 Å². The van der Waals surface area contributed by atoms with E-state index in [0.29, 0.717) is 6.10 Å². The maximum absolute atomic E-state index is 9.47. The zero-order valence-electron chi connectivity index (χ0n) is 9.81. The summed E-state index contributed by atoms with van der Waals surface area (Å²) in [5.41, 5.74) is 0. The fourth-order valence-corrected chi connectivity index (χ4v) is 4.66. The Balaban J connectivity index is 1.66. The highest BCUT2D eigenvalue weighted by Crippen LogP contribution is 2.37. The molecule has 2 nitrogen and oxygen atoms in total. The minimum absolute atomic E-state index is 0.0156. The second kappa shape index (κ2) is 6.58. The molecule has 2 aliphatic carbocycles. The Morgan fingerprint density at radius 3 is 1.88 bits per heavy atom. The van der Waals surface area contributed by atoms with E-state index in [4.69, 9.17) is 4.52 Å². The summed E-state index contributed by atoms with van der Waals surface area (Å²) in [5, 5.41) is 11.1. The first kappa shape index (κ1) is 13.1. The van der Waals surface area contributed by atoms with Crippen LogP contribution in [0.15, 0.2) is 0 Å². The van der Waals surface area contributed by atoms with Crippen molar-refractivity contribution in [3.8, 4) is 0 Å². The smallest absolute Gasteiger partial charge is 0.0611 e. The second-order valence-electron chi connectivity index (χ2n) is 5.10. The van der Waals surface area contributed by atoms with Crippen molar-refractivity contribution in [2.75, 3.05) is 0 Å². The molecule has 4 heteroatoms. The van der Waals surface area contributed by atoms with Crippen molar-refractivity contribution in [2.24, 2.45) is 0 Å². The summed E-state index contributed by atoms with van der Waals surface area (Å²) in [4.78, 5) is 0. The van der Waals surface area contributed by atoms with Gasteiger partial charge in [-0.1, -0.05) is 0 Å². The van der Waals surface area contributed by atoms with Crippen LogP contribution in [-0.2, 0) is 4.52 Å². The molecule has 0 bridgehead atoms. The van der Waals surface area contributed by atoms with Gasteiger partial charge in [0.1, 0.15) is 0 Å². The van der Waals surface area contributed by atoms with Crippen LogP contribution in [0.1, 0.15) is 51.4 Å². The van der Waals surface area contributed by atoms with Crippen molar-refractivity contribution >= 4 is 21.2 Å². The van der Waals surface area contributed by atoms with Gasteiger partial charge in [0.2, 0.25) is 0 Å². The minimum atomic E-state index is -0.0156. The van der Waals surface area contributed by atoms with Crippen molar-refractivity contribution in [1.82, 2.24) is 0 Å².